The Hall–Kier alpha value is -5.46. The average Bonchev–Trinajstić information content (AvgIpc) is 3.31. The maximum atomic E-state index is 2.46. The SMILES string of the molecule is CC1(C)c2ccccc2-c2cc3cccc(-c4cccc(-c5c6ccccc6c(-c6ccccc6)c6ccccc56)c4)c3cc21. The molecule has 0 fully saturated rings. The Morgan fingerprint density at radius 2 is 0.867 bits per heavy atom. The van der Waals surface area contributed by atoms with Crippen molar-refractivity contribution in [2.24, 2.45) is 0 Å². The third-order valence-electron chi connectivity index (χ3n) is 10.0. The second-order valence-corrected chi connectivity index (χ2v) is 12.9. The average molecular weight is 573 g/mol. The number of hydrogen-bond acceptors (Lipinski definition) is 0. The molecule has 8 aromatic rings. The Balaban J connectivity index is 1.28. The summed E-state index contributed by atoms with van der Waals surface area (Å²) in [6, 6.07) is 58.4. The molecular weight excluding hydrogens is 540 g/mol. The lowest BCUT2D eigenvalue weighted by Gasteiger charge is -2.22. The first kappa shape index (κ1) is 26.0. The Morgan fingerprint density at radius 1 is 0.333 bits per heavy atom. The molecule has 0 radical (unpaired) electrons. The Labute approximate surface area is 264 Å². The summed E-state index contributed by atoms with van der Waals surface area (Å²) >= 11 is 0. The van der Waals surface area contributed by atoms with Gasteiger partial charge in [-0.3, -0.25) is 0 Å². The third kappa shape index (κ3) is 3.85. The summed E-state index contributed by atoms with van der Waals surface area (Å²) in [5.41, 5.74) is 13.1. The summed E-state index contributed by atoms with van der Waals surface area (Å²) in [6.45, 7) is 4.73. The lowest BCUT2D eigenvalue weighted by molar-refractivity contribution is 0.661. The summed E-state index contributed by atoms with van der Waals surface area (Å²) in [4.78, 5) is 0. The van der Waals surface area contributed by atoms with Crippen molar-refractivity contribution < 1.29 is 0 Å². The molecule has 0 heteroatoms. The van der Waals surface area contributed by atoms with E-state index < -0.39 is 0 Å². The van der Waals surface area contributed by atoms with E-state index in [4.69, 9.17) is 0 Å². The molecular formula is C45H32. The zero-order valence-electron chi connectivity index (χ0n) is 25.5. The molecule has 0 saturated carbocycles. The quantitative estimate of drug-likeness (QED) is 0.185. The first-order chi connectivity index (χ1) is 22.1. The van der Waals surface area contributed by atoms with Gasteiger partial charge in [0.25, 0.3) is 0 Å². The van der Waals surface area contributed by atoms with E-state index in [9.17, 15) is 0 Å². The fourth-order valence-electron chi connectivity index (χ4n) is 7.92. The van der Waals surface area contributed by atoms with E-state index in [2.05, 4.69) is 172 Å². The highest BCUT2D eigenvalue weighted by molar-refractivity contribution is 6.21. The zero-order chi connectivity index (χ0) is 30.1. The van der Waals surface area contributed by atoms with Crippen LogP contribution in [0.25, 0.3) is 76.8 Å². The number of rotatable bonds is 3. The Morgan fingerprint density at radius 3 is 1.58 bits per heavy atom. The standard InChI is InChI=1S/C45H32/c1-45(2)41-25-11-10-19-34(41)40-27-31-17-13-24-33(39(31)28-42(40)45)30-16-12-18-32(26-30)44-37-22-8-6-20-35(37)43(29-14-4-3-5-15-29)36-21-7-9-23-38(36)44/h3-28H,1-2H3. The summed E-state index contributed by atoms with van der Waals surface area (Å²) in [5, 5.41) is 7.72. The molecule has 0 heterocycles. The molecule has 0 atom stereocenters. The normalized spacial score (nSPS) is 13.3. The van der Waals surface area contributed by atoms with Crippen molar-refractivity contribution in [2.45, 2.75) is 19.3 Å². The van der Waals surface area contributed by atoms with Gasteiger partial charge in [-0.05, 0) is 106 Å². The molecule has 0 nitrogen and oxygen atoms in total. The van der Waals surface area contributed by atoms with Crippen molar-refractivity contribution in [3.8, 4) is 44.5 Å². The highest BCUT2D eigenvalue weighted by atomic mass is 14.4. The van der Waals surface area contributed by atoms with E-state index in [1.54, 1.807) is 0 Å². The van der Waals surface area contributed by atoms with Crippen LogP contribution in [-0.4, -0.2) is 0 Å². The van der Waals surface area contributed by atoms with Crippen LogP contribution in [0.4, 0.5) is 0 Å². The van der Waals surface area contributed by atoms with Crippen LogP contribution in [0, 0.1) is 0 Å². The lowest BCUT2D eigenvalue weighted by Crippen LogP contribution is -2.14. The van der Waals surface area contributed by atoms with Crippen LogP contribution in [-0.2, 0) is 5.41 Å². The van der Waals surface area contributed by atoms with Crippen molar-refractivity contribution in [1.29, 1.82) is 0 Å². The van der Waals surface area contributed by atoms with Gasteiger partial charge in [0, 0.05) is 5.41 Å². The molecule has 0 unspecified atom stereocenters. The van der Waals surface area contributed by atoms with Crippen LogP contribution in [0.5, 0.6) is 0 Å². The second-order valence-electron chi connectivity index (χ2n) is 12.9. The predicted octanol–water partition coefficient (Wildman–Crippen LogP) is 12.5. The van der Waals surface area contributed by atoms with Gasteiger partial charge in [0.15, 0.2) is 0 Å². The summed E-state index contributed by atoms with van der Waals surface area (Å²) in [7, 11) is 0. The molecule has 1 aliphatic rings. The molecule has 9 rings (SSSR count). The molecule has 0 spiro atoms. The molecule has 0 bridgehead atoms. The van der Waals surface area contributed by atoms with Crippen molar-refractivity contribution in [1.82, 2.24) is 0 Å². The third-order valence-corrected chi connectivity index (χ3v) is 10.0. The molecule has 0 saturated heterocycles. The molecule has 212 valence electrons. The van der Waals surface area contributed by atoms with Crippen LogP contribution >= 0.6 is 0 Å². The van der Waals surface area contributed by atoms with Gasteiger partial charge < -0.3 is 0 Å². The zero-order valence-corrected chi connectivity index (χ0v) is 25.5. The Kier molecular flexibility index (Phi) is 5.64. The highest BCUT2D eigenvalue weighted by Gasteiger charge is 2.35. The number of fused-ring (bicyclic) bond motifs is 6. The summed E-state index contributed by atoms with van der Waals surface area (Å²) in [5.74, 6) is 0. The van der Waals surface area contributed by atoms with E-state index >= 15 is 0 Å². The molecule has 1 aliphatic carbocycles. The number of benzene rings is 8. The largest absolute Gasteiger partial charge is 0.0622 e. The van der Waals surface area contributed by atoms with Gasteiger partial charge in [-0.2, -0.15) is 0 Å². The topological polar surface area (TPSA) is 0 Å². The smallest absolute Gasteiger partial charge is 0.0159 e. The molecule has 45 heavy (non-hydrogen) atoms. The van der Waals surface area contributed by atoms with Gasteiger partial charge in [-0.15, -0.1) is 0 Å². The fraction of sp³-hybridized carbons (Fsp3) is 0.0667. The summed E-state index contributed by atoms with van der Waals surface area (Å²) in [6.07, 6.45) is 0. The minimum Gasteiger partial charge on any atom is -0.0622 e. The second kappa shape index (κ2) is 9.78. The van der Waals surface area contributed by atoms with Crippen LogP contribution < -0.4 is 0 Å². The minimum absolute atomic E-state index is 0.0343. The maximum Gasteiger partial charge on any atom is 0.0159 e. The van der Waals surface area contributed by atoms with Crippen molar-refractivity contribution in [2.75, 3.05) is 0 Å². The monoisotopic (exact) mass is 572 g/mol. The lowest BCUT2D eigenvalue weighted by atomic mass is 9.81. The van der Waals surface area contributed by atoms with Crippen molar-refractivity contribution >= 4 is 32.3 Å². The minimum atomic E-state index is -0.0343. The fourth-order valence-corrected chi connectivity index (χ4v) is 7.92. The van der Waals surface area contributed by atoms with Gasteiger partial charge >= 0.3 is 0 Å². The van der Waals surface area contributed by atoms with Crippen LogP contribution in [0.2, 0.25) is 0 Å². The molecule has 8 aromatic carbocycles. The van der Waals surface area contributed by atoms with E-state index in [0.717, 1.165) is 0 Å². The Bertz CT molecular complexity index is 2390. The van der Waals surface area contributed by atoms with Crippen molar-refractivity contribution in [3.63, 3.8) is 0 Å². The summed E-state index contributed by atoms with van der Waals surface area (Å²) < 4.78 is 0. The van der Waals surface area contributed by atoms with Gasteiger partial charge in [0.2, 0.25) is 0 Å². The highest BCUT2D eigenvalue weighted by Crippen LogP contribution is 2.51. The van der Waals surface area contributed by atoms with Crippen LogP contribution in [0.15, 0.2) is 158 Å². The predicted molar refractivity (Wildman–Crippen MR) is 193 cm³/mol. The van der Waals surface area contributed by atoms with Gasteiger partial charge in [-0.25, -0.2) is 0 Å². The van der Waals surface area contributed by atoms with E-state index in [0.29, 0.717) is 0 Å². The van der Waals surface area contributed by atoms with Crippen molar-refractivity contribution in [3.05, 3.63) is 169 Å². The number of hydrogen-bond donors (Lipinski definition) is 0. The van der Waals surface area contributed by atoms with Crippen LogP contribution in [0.3, 0.4) is 0 Å². The van der Waals surface area contributed by atoms with E-state index in [1.807, 2.05) is 0 Å². The molecule has 0 amide bonds. The van der Waals surface area contributed by atoms with Gasteiger partial charge in [0.1, 0.15) is 0 Å². The van der Waals surface area contributed by atoms with Gasteiger partial charge in [-0.1, -0.05) is 153 Å². The van der Waals surface area contributed by atoms with E-state index in [1.165, 1.54) is 88.0 Å². The van der Waals surface area contributed by atoms with E-state index in [-0.39, 0.29) is 5.41 Å². The van der Waals surface area contributed by atoms with Crippen LogP contribution in [0.1, 0.15) is 25.0 Å². The molecule has 0 aliphatic heterocycles. The molecule has 0 N–H and O–H groups in total. The van der Waals surface area contributed by atoms with Gasteiger partial charge in [0.05, 0.1) is 0 Å². The first-order valence-corrected chi connectivity index (χ1v) is 15.9. The first-order valence-electron chi connectivity index (χ1n) is 15.9. The molecule has 0 aromatic heterocycles. The maximum absolute atomic E-state index is 2.46.